The molecular weight excluding hydrogens is 176 g/mol. The molecule has 3 nitrogen and oxygen atoms in total. The highest BCUT2D eigenvalue weighted by Crippen LogP contribution is 2.06. The van der Waals surface area contributed by atoms with Gasteiger partial charge in [0, 0.05) is 12.6 Å². The quantitative estimate of drug-likeness (QED) is 0.645. The number of rotatable bonds is 5. The van der Waals surface area contributed by atoms with Crippen molar-refractivity contribution >= 4 is 0 Å². The summed E-state index contributed by atoms with van der Waals surface area (Å²) in [4.78, 5) is 2.44. The third-order valence-electron chi connectivity index (χ3n) is 2.95. The molecule has 14 heavy (non-hydrogen) atoms. The molecule has 1 fully saturated rings. The first kappa shape index (κ1) is 12.0. The summed E-state index contributed by atoms with van der Waals surface area (Å²) < 4.78 is 0. The molecular formula is C11H24N2O. The van der Waals surface area contributed by atoms with E-state index in [9.17, 15) is 5.11 Å². The Bertz CT molecular complexity index is 141. The van der Waals surface area contributed by atoms with Crippen LogP contribution in [0, 0.1) is 0 Å². The van der Waals surface area contributed by atoms with Gasteiger partial charge in [-0.2, -0.15) is 0 Å². The van der Waals surface area contributed by atoms with E-state index in [0.29, 0.717) is 12.6 Å². The minimum Gasteiger partial charge on any atom is -0.395 e. The van der Waals surface area contributed by atoms with Crippen LogP contribution >= 0.6 is 0 Å². The zero-order valence-electron chi connectivity index (χ0n) is 9.34. The molecule has 1 rings (SSSR count). The molecule has 1 aliphatic heterocycles. The third kappa shape index (κ3) is 3.95. The predicted octanol–water partition coefficient (Wildman–Crippen LogP) is 0.833. The highest BCUT2D eigenvalue weighted by Gasteiger charge is 2.18. The van der Waals surface area contributed by atoms with E-state index in [-0.39, 0.29) is 0 Å². The molecule has 0 aromatic carbocycles. The molecule has 0 aromatic heterocycles. The molecule has 1 unspecified atom stereocenters. The second-order valence-corrected chi connectivity index (χ2v) is 4.14. The van der Waals surface area contributed by atoms with Gasteiger partial charge < -0.3 is 10.4 Å². The Labute approximate surface area is 87.5 Å². The van der Waals surface area contributed by atoms with E-state index in [0.717, 1.165) is 26.2 Å². The van der Waals surface area contributed by atoms with Crippen LogP contribution in [0.3, 0.4) is 0 Å². The molecule has 1 heterocycles. The summed E-state index contributed by atoms with van der Waals surface area (Å²) in [5.41, 5.74) is 0. The summed E-state index contributed by atoms with van der Waals surface area (Å²) in [5, 5.41) is 12.6. The second kappa shape index (κ2) is 7.21. The van der Waals surface area contributed by atoms with Crippen molar-refractivity contribution in [1.29, 1.82) is 0 Å². The Morgan fingerprint density at radius 3 is 3.00 bits per heavy atom. The minimum absolute atomic E-state index is 0.291. The molecule has 0 aromatic rings. The summed E-state index contributed by atoms with van der Waals surface area (Å²) in [6, 6.07) is 0.342. The van der Waals surface area contributed by atoms with Crippen molar-refractivity contribution in [1.82, 2.24) is 10.2 Å². The first-order valence-electron chi connectivity index (χ1n) is 5.94. The molecule has 84 valence electrons. The maximum Gasteiger partial charge on any atom is 0.0599 e. The van der Waals surface area contributed by atoms with E-state index in [4.69, 9.17) is 0 Å². The molecule has 3 heteroatoms. The Morgan fingerprint density at radius 1 is 1.43 bits per heavy atom. The molecule has 0 spiro atoms. The average Bonchev–Trinajstić information content (AvgIpc) is 2.43. The highest BCUT2D eigenvalue weighted by atomic mass is 16.3. The number of aliphatic hydroxyl groups is 1. The molecule has 0 bridgehead atoms. The maximum absolute atomic E-state index is 9.26. The summed E-state index contributed by atoms with van der Waals surface area (Å²) in [6.07, 6.45) is 5.06. The number of nitrogens with zero attached hydrogens (tertiary/aromatic N) is 1. The van der Waals surface area contributed by atoms with Crippen molar-refractivity contribution in [3.8, 4) is 0 Å². The maximum atomic E-state index is 9.26. The van der Waals surface area contributed by atoms with Gasteiger partial charge in [0.1, 0.15) is 0 Å². The lowest BCUT2D eigenvalue weighted by Crippen LogP contribution is -2.42. The van der Waals surface area contributed by atoms with Gasteiger partial charge in [-0.15, -0.1) is 0 Å². The van der Waals surface area contributed by atoms with Crippen LogP contribution in [0.1, 0.15) is 32.6 Å². The molecule has 1 saturated heterocycles. The van der Waals surface area contributed by atoms with Crippen LogP contribution in [0.5, 0.6) is 0 Å². The lowest BCUT2D eigenvalue weighted by atomic mass is 10.2. The number of nitrogens with one attached hydrogen (secondary N) is 1. The van der Waals surface area contributed by atoms with Gasteiger partial charge in [-0.1, -0.05) is 19.8 Å². The van der Waals surface area contributed by atoms with Gasteiger partial charge in [-0.25, -0.2) is 0 Å². The van der Waals surface area contributed by atoms with E-state index in [1.54, 1.807) is 0 Å². The van der Waals surface area contributed by atoms with Gasteiger partial charge in [0.15, 0.2) is 0 Å². The van der Waals surface area contributed by atoms with Crippen LogP contribution in [-0.2, 0) is 0 Å². The minimum atomic E-state index is 0.291. The SMILES string of the molecule is CCCCCN1CCCNCC1CO. The van der Waals surface area contributed by atoms with Crippen molar-refractivity contribution in [3.63, 3.8) is 0 Å². The van der Waals surface area contributed by atoms with Gasteiger partial charge in [-0.3, -0.25) is 4.90 Å². The van der Waals surface area contributed by atoms with Crippen LogP contribution in [-0.4, -0.2) is 48.8 Å². The fourth-order valence-corrected chi connectivity index (χ4v) is 2.03. The topological polar surface area (TPSA) is 35.5 Å². The van der Waals surface area contributed by atoms with Crippen molar-refractivity contribution in [2.45, 2.75) is 38.6 Å². The largest absolute Gasteiger partial charge is 0.395 e. The van der Waals surface area contributed by atoms with E-state index < -0.39 is 0 Å². The van der Waals surface area contributed by atoms with E-state index in [1.165, 1.54) is 25.7 Å². The highest BCUT2D eigenvalue weighted by molar-refractivity contribution is 4.76. The van der Waals surface area contributed by atoms with Crippen LogP contribution < -0.4 is 5.32 Å². The van der Waals surface area contributed by atoms with Crippen LogP contribution in [0.25, 0.3) is 0 Å². The standard InChI is InChI=1S/C11H24N2O/c1-2-3-4-7-13-8-5-6-12-9-11(13)10-14/h11-12,14H,2-10H2,1H3. The number of hydrogen-bond donors (Lipinski definition) is 2. The number of aliphatic hydroxyl groups excluding tert-OH is 1. The number of hydrogen-bond acceptors (Lipinski definition) is 3. The van der Waals surface area contributed by atoms with Crippen molar-refractivity contribution in [2.24, 2.45) is 0 Å². The monoisotopic (exact) mass is 200 g/mol. The Hall–Kier alpha value is -0.120. The average molecular weight is 200 g/mol. The molecule has 1 atom stereocenters. The Balaban J connectivity index is 2.28. The Kier molecular flexibility index (Phi) is 6.15. The lowest BCUT2D eigenvalue weighted by molar-refractivity contribution is 0.130. The summed E-state index contributed by atoms with van der Waals surface area (Å²) >= 11 is 0. The molecule has 1 aliphatic rings. The fraction of sp³-hybridized carbons (Fsp3) is 1.00. The fourth-order valence-electron chi connectivity index (χ4n) is 2.03. The second-order valence-electron chi connectivity index (χ2n) is 4.14. The summed E-state index contributed by atoms with van der Waals surface area (Å²) in [6.45, 7) is 6.86. The lowest BCUT2D eigenvalue weighted by Gasteiger charge is -2.27. The first-order valence-corrected chi connectivity index (χ1v) is 5.94. The zero-order chi connectivity index (χ0) is 10.2. The van der Waals surface area contributed by atoms with Gasteiger partial charge in [0.05, 0.1) is 6.61 Å². The normalized spacial score (nSPS) is 24.9. The van der Waals surface area contributed by atoms with Crippen LogP contribution in [0.4, 0.5) is 0 Å². The molecule has 0 amide bonds. The van der Waals surface area contributed by atoms with E-state index >= 15 is 0 Å². The van der Waals surface area contributed by atoms with E-state index in [2.05, 4.69) is 17.1 Å². The van der Waals surface area contributed by atoms with Crippen molar-refractivity contribution in [2.75, 3.05) is 32.8 Å². The van der Waals surface area contributed by atoms with Gasteiger partial charge >= 0.3 is 0 Å². The van der Waals surface area contributed by atoms with E-state index in [1.807, 2.05) is 0 Å². The Morgan fingerprint density at radius 2 is 2.29 bits per heavy atom. The van der Waals surface area contributed by atoms with Crippen molar-refractivity contribution in [3.05, 3.63) is 0 Å². The first-order chi connectivity index (χ1) is 6.88. The summed E-state index contributed by atoms with van der Waals surface area (Å²) in [5.74, 6) is 0. The number of unbranched alkanes of at least 4 members (excludes halogenated alkanes) is 2. The van der Waals surface area contributed by atoms with Gasteiger partial charge in [0.25, 0.3) is 0 Å². The summed E-state index contributed by atoms with van der Waals surface area (Å²) in [7, 11) is 0. The predicted molar refractivity (Wildman–Crippen MR) is 59.5 cm³/mol. The van der Waals surface area contributed by atoms with Crippen LogP contribution in [0.15, 0.2) is 0 Å². The molecule has 0 radical (unpaired) electrons. The zero-order valence-corrected chi connectivity index (χ0v) is 9.34. The van der Waals surface area contributed by atoms with Crippen LogP contribution in [0.2, 0.25) is 0 Å². The molecule has 0 aliphatic carbocycles. The smallest absolute Gasteiger partial charge is 0.0599 e. The molecule has 0 saturated carbocycles. The third-order valence-corrected chi connectivity index (χ3v) is 2.95. The van der Waals surface area contributed by atoms with Gasteiger partial charge in [0.2, 0.25) is 0 Å². The van der Waals surface area contributed by atoms with Gasteiger partial charge in [-0.05, 0) is 32.5 Å². The van der Waals surface area contributed by atoms with Crippen molar-refractivity contribution < 1.29 is 5.11 Å². The molecule has 2 N–H and O–H groups in total.